The predicted octanol–water partition coefficient (Wildman–Crippen LogP) is 2.14. The molecular weight excluding hydrogens is 186 g/mol. The number of carbonyl (C=O) groups is 1. The first-order chi connectivity index (χ1) is 6.34. The molecule has 72 valence electrons. The van der Waals surface area contributed by atoms with Crippen molar-refractivity contribution < 1.29 is 9.53 Å². The van der Waals surface area contributed by atoms with Gasteiger partial charge in [0.25, 0.3) is 0 Å². The van der Waals surface area contributed by atoms with Crippen LogP contribution in [0.1, 0.15) is 29.1 Å². The minimum Gasteiger partial charge on any atom is -0.385 e. The fourth-order valence-corrected chi connectivity index (χ4v) is 1.61. The number of Topliss-reactive ketones (excluding diaryl/α,β-unsaturated/α-hetero) is 1. The molecule has 1 rings (SSSR count). The van der Waals surface area contributed by atoms with Gasteiger partial charge >= 0.3 is 0 Å². The van der Waals surface area contributed by atoms with Crippen LogP contribution < -0.4 is 0 Å². The van der Waals surface area contributed by atoms with Gasteiger partial charge in [-0.1, -0.05) is 0 Å². The van der Waals surface area contributed by atoms with Crippen molar-refractivity contribution in [3.63, 3.8) is 0 Å². The lowest BCUT2D eigenvalue weighted by atomic mass is 10.2. The molecule has 1 aromatic heterocycles. The van der Waals surface area contributed by atoms with Crippen LogP contribution in [-0.2, 0) is 4.74 Å². The summed E-state index contributed by atoms with van der Waals surface area (Å²) in [5.74, 6) is 0.145. The van der Waals surface area contributed by atoms with Gasteiger partial charge in [-0.15, -0.1) is 11.3 Å². The molecule has 0 aliphatic rings. The zero-order chi connectivity index (χ0) is 9.52. The third-order valence-electron chi connectivity index (χ3n) is 1.67. The Kier molecular flexibility index (Phi) is 4.64. The second kappa shape index (κ2) is 5.83. The van der Waals surface area contributed by atoms with Crippen LogP contribution >= 0.6 is 11.3 Å². The summed E-state index contributed by atoms with van der Waals surface area (Å²) in [5.41, 5.74) is 0. The van der Waals surface area contributed by atoms with Gasteiger partial charge < -0.3 is 4.74 Å². The molecule has 0 atom stereocenters. The standard InChI is InChI=1S/C9H13NO2S/c1-12-6-3-2-4-8(11)9-10-5-7-13-9/h5,7H,2-4,6H2,1H3. The molecule has 0 aromatic carbocycles. The maximum atomic E-state index is 11.4. The third-order valence-corrected chi connectivity index (χ3v) is 2.49. The van der Waals surface area contributed by atoms with E-state index >= 15 is 0 Å². The van der Waals surface area contributed by atoms with Crippen LogP contribution in [0, 0.1) is 0 Å². The molecule has 0 radical (unpaired) electrons. The van der Waals surface area contributed by atoms with E-state index < -0.39 is 0 Å². The second-order valence-electron chi connectivity index (χ2n) is 2.71. The van der Waals surface area contributed by atoms with E-state index in [1.807, 2.05) is 5.38 Å². The molecule has 4 heteroatoms. The Labute approximate surface area is 81.8 Å². The van der Waals surface area contributed by atoms with Crippen molar-refractivity contribution in [2.75, 3.05) is 13.7 Å². The number of carbonyl (C=O) groups excluding carboxylic acids is 1. The number of methoxy groups -OCH3 is 1. The van der Waals surface area contributed by atoms with Gasteiger partial charge in [0.2, 0.25) is 0 Å². The second-order valence-corrected chi connectivity index (χ2v) is 3.60. The Morgan fingerprint density at radius 1 is 1.62 bits per heavy atom. The fraction of sp³-hybridized carbons (Fsp3) is 0.556. The van der Waals surface area contributed by atoms with E-state index in [4.69, 9.17) is 4.74 Å². The van der Waals surface area contributed by atoms with E-state index in [0.717, 1.165) is 19.4 Å². The summed E-state index contributed by atoms with van der Waals surface area (Å²) >= 11 is 1.40. The van der Waals surface area contributed by atoms with E-state index in [0.29, 0.717) is 11.4 Å². The number of ether oxygens (including phenoxy) is 1. The van der Waals surface area contributed by atoms with Crippen LogP contribution in [0.3, 0.4) is 0 Å². The Bertz CT molecular complexity index is 246. The summed E-state index contributed by atoms with van der Waals surface area (Å²) in [6.07, 6.45) is 4.06. The van der Waals surface area contributed by atoms with Crippen molar-refractivity contribution in [3.8, 4) is 0 Å². The van der Waals surface area contributed by atoms with Gasteiger partial charge in [-0.3, -0.25) is 4.79 Å². The Morgan fingerprint density at radius 3 is 3.08 bits per heavy atom. The Morgan fingerprint density at radius 2 is 2.46 bits per heavy atom. The maximum Gasteiger partial charge on any atom is 0.191 e. The first-order valence-corrected chi connectivity index (χ1v) is 5.14. The van der Waals surface area contributed by atoms with Crippen molar-refractivity contribution >= 4 is 17.1 Å². The number of rotatable bonds is 6. The molecule has 0 saturated carbocycles. The Hall–Kier alpha value is -0.740. The largest absolute Gasteiger partial charge is 0.385 e. The predicted molar refractivity (Wildman–Crippen MR) is 52.2 cm³/mol. The topological polar surface area (TPSA) is 39.2 Å². The van der Waals surface area contributed by atoms with E-state index in [9.17, 15) is 4.79 Å². The summed E-state index contributed by atoms with van der Waals surface area (Å²) in [6, 6.07) is 0. The highest BCUT2D eigenvalue weighted by Crippen LogP contribution is 2.09. The molecule has 1 heterocycles. The van der Waals surface area contributed by atoms with Crippen molar-refractivity contribution in [1.29, 1.82) is 0 Å². The van der Waals surface area contributed by atoms with Crippen LogP contribution in [0.25, 0.3) is 0 Å². The van der Waals surface area contributed by atoms with Gasteiger partial charge in [0, 0.05) is 31.7 Å². The maximum absolute atomic E-state index is 11.4. The number of unbranched alkanes of at least 4 members (excludes halogenated alkanes) is 1. The molecule has 0 aliphatic carbocycles. The monoisotopic (exact) mass is 199 g/mol. The van der Waals surface area contributed by atoms with E-state index in [1.54, 1.807) is 13.3 Å². The number of ketones is 1. The van der Waals surface area contributed by atoms with Gasteiger partial charge in [0.05, 0.1) is 0 Å². The lowest BCUT2D eigenvalue weighted by molar-refractivity contribution is 0.0974. The zero-order valence-electron chi connectivity index (χ0n) is 7.66. The summed E-state index contributed by atoms with van der Waals surface area (Å²) < 4.78 is 4.89. The van der Waals surface area contributed by atoms with Crippen molar-refractivity contribution in [1.82, 2.24) is 4.98 Å². The lowest BCUT2D eigenvalue weighted by Gasteiger charge is -1.97. The SMILES string of the molecule is COCCCCC(=O)c1nccs1. The van der Waals surface area contributed by atoms with Crippen LogP contribution in [-0.4, -0.2) is 24.5 Å². The van der Waals surface area contributed by atoms with E-state index in [-0.39, 0.29) is 5.78 Å². The van der Waals surface area contributed by atoms with Crippen LogP contribution in [0.2, 0.25) is 0 Å². The summed E-state index contributed by atoms with van der Waals surface area (Å²) in [7, 11) is 1.67. The average Bonchev–Trinajstić information content (AvgIpc) is 2.65. The first-order valence-electron chi connectivity index (χ1n) is 4.26. The molecule has 3 nitrogen and oxygen atoms in total. The number of nitrogens with zero attached hydrogens (tertiary/aromatic N) is 1. The van der Waals surface area contributed by atoms with Gasteiger partial charge in [0.1, 0.15) is 0 Å². The third kappa shape index (κ3) is 3.65. The minimum atomic E-state index is 0.145. The van der Waals surface area contributed by atoms with E-state index in [1.165, 1.54) is 11.3 Å². The molecule has 0 saturated heterocycles. The number of aromatic nitrogens is 1. The minimum absolute atomic E-state index is 0.145. The highest BCUT2D eigenvalue weighted by atomic mass is 32.1. The lowest BCUT2D eigenvalue weighted by Crippen LogP contribution is -1.99. The zero-order valence-corrected chi connectivity index (χ0v) is 8.47. The summed E-state index contributed by atoms with van der Waals surface area (Å²) in [5, 5.41) is 2.44. The normalized spacial score (nSPS) is 10.2. The number of thiazole rings is 1. The van der Waals surface area contributed by atoms with E-state index in [2.05, 4.69) is 4.98 Å². The Balaban J connectivity index is 2.19. The molecule has 0 aliphatic heterocycles. The molecular formula is C9H13NO2S. The molecule has 1 aromatic rings. The fourth-order valence-electron chi connectivity index (χ4n) is 1.00. The van der Waals surface area contributed by atoms with Crippen molar-refractivity contribution in [2.24, 2.45) is 0 Å². The highest BCUT2D eigenvalue weighted by Gasteiger charge is 2.06. The molecule has 13 heavy (non-hydrogen) atoms. The summed E-state index contributed by atoms with van der Waals surface area (Å²) in [6.45, 7) is 0.727. The van der Waals surface area contributed by atoms with Crippen LogP contribution in [0.15, 0.2) is 11.6 Å². The smallest absolute Gasteiger partial charge is 0.191 e. The van der Waals surface area contributed by atoms with Gasteiger partial charge in [-0.25, -0.2) is 4.98 Å². The summed E-state index contributed by atoms with van der Waals surface area (Å²) in [4.78, 5) is 15.3. The average molecular weight is 199 g/mol. The molecule has 0 N–H and O–H groups in total. The van der Waals surface area contributed by atoms with Crippen LogP contribution in [0.5, 0.6) is 0 Å². The van der Waals surface area contributed by atoms with Crippen LogP contribution in [0.4, 0.5) is 0 Å². The van der Waals surface area contributed by atoms with Gasteiger partial charge in [0.15, 0.2) is 10.8 Å². The molecule has 0 amide bonds. The highest BCUT2D eigenvalue weighted by molar-refractivity contribution is 7.11. The molecule has 0 unspecified atom stereocenters. The molecule has 0 fully saturated rings. The molecule has 0 spiro atoms. The van der Waals surface area contributed by atoms with Crippen molar-refractivity contribution in [2.45, 2.75) is 19.3 Å². The van der Waals surface area contributed by atoms with Crippen molar-refractivity contribution in [3.05, 3.63) is 16.6 Å². The van der Waals surface area contributed by atoms with Gasteiger partial charge in [-0.05, 0) is 12.8 Å². The van der Waals surface area contributed by atoms with Gasteiger partial charge in [-0.2, -0.15) is 0 Å². The quantitative estimate of drug-likeness (QED) is 0.520. The number of hydrogen-bond acceptors (Lipinski definition) is 4. The number of hydrogen-bond donors (Lipinski definition) is 0. The first kappa shape index (κ1) is 10.3. The molecule has 0 bridgehead atoms.